The van der Waals surface area contributed by atoms with Crippen LogP contribution in [0.4, 0.5) is 20.2 Å². The normalized spacial score (nSPS) is 10.3. The van der Waals surface area contributed by atoms with Crippen LogP contribution in [-0.2, 0) is 6.54 Å². The van der Waals surface area contributed by atoms with E-state index in [-0.39, 0.29) is 23.7 Å². The number of halogens is 2. The first-order valence-electron chi connectivity index (χ1n) is 5.90. The first kappa shape index (κ1) is 13.9. The molecule has 2 rings (SSSR count). The maximum atomic E-state index is 13.6. The highest BCUT2D eigenvalue weighted by molar-refractivity contribution is 5.50. The van der Waals surface area contributed by atoms with Crippen LogP contribution in [0.3, 0.4) is 0 Å². The molecule has 0 bridgehead atoms. The molecule has 1 N–H and O–H groups in total. The molecule has 2 aromatic rings. The summed E-state index contributed by atoms with van der Waals surface area (Å²) in [6.45, 7) is 1.93. The maximum absolute atomic E-state index is 13.6. The number of hydrogen-bond donors (Lipinski definition) is 1. The summed E-state index contributed by atoms with van der Waals surface area (Å²) in [5, 5.41) is 13.2. The summed E-state index contributed by atoms with van der Waals surface area (Å²) in [6, 6.07) is 7.93. The quantitative estimate of drug-likeness (QED) is 0.683. The van der Waals surface area contributed by atoms with E-state index in [4.69, 9.17) is 0 Å². The number of nitro benzene ring substituents is 1. The number of nitrogens with zero attached hydrogens (tertiary/aromatic N) is 1. The SMILES string of the molecule is Cc1ccc(F)c(CNc2ccc([N+](=O)[O-])cc2F)c1. The van der Waals surface area contributed by atoms with E-state index in [0.717, 1.165) is 11.6 Å². The number of non-ortho nitro benzene ring substituents is 1. The summed E-state index contributed by atoms with van der Waals surface area (Å²) in [4.78, 5) is 9.82. The predicted molar refractivity (Wildman–Crippen MR) is 71.5 cm³/mol. The minimum atomic E-state index is -0.743. The molecule has 0 spiro atoms. The van der Waals surface area contributed by atoms with Crippen LogP contribution in [0.25, 0.3) is 0 Å². The Kier molecular flexibility index (Phi) is 3.93. The summed E-state index contributed by atoms with van der Waals surface area (Å²) in [6.07, 6.45) is 0. The predicted octanol–water partition coefficient (Wildman–Crippen LogP) is 3.79. The van der Waals surface area contributed by atoms with E-state index in [1.165, 1.54) is 18.2 Å². The molecule has 104 valence electrons. The second-order valence-corrected chi connectivity index (χ2v) is 4.37. The van der Waals surface area contributed by atoms with Gasteiger partial charge in [0, 0.05) is 18.2 Å². The topological polar surface area (TPSA) is 55.2 Å². The van der Waals surface area contributed by atoms with Crippen molar-refractivity contribution in [3.05, 3.63) is 69.3 Å². The Labute approximate surface area is 114 Å². The van der Waals surface area contributed by atoms with Gasteiger partial charge in [0.25, 0.3) is 5.69 Å². The molecule has 4 nitrogen and oxygen atoms in total. The van der Waals surface area contributed by atoms with Crippen LogP contribution in [0.15, 0.2) is 36.4 Å². The highest BCUT2D eigenvalue weighted by Gasteiger charge is 2.11. The Morgan fingerprint density at radius 3 is 2.55 bits per heavy atom. The van der Waals surface area contributed by atoms with Gasteiger partial charge in [-0.1, -0.05) is 17.7 Å². The molecule has 0 aliphatic heterocycles. The first-order chi connectivity index (χ1) is 9.47. The van der Waals surface area contributed by atoms with Gasteiger partial charge in [0.2, 0.25) is 0 Å². The van der Waals surface area contributed by atoms with Crippen molar-refractivity contribution in [3.8, 4) is 0 Å². The van der Waals surface area contributed by atoms with Gasteiger partial charge >= 0.3 is 0 Å². The third-order valence-electron chi connectivity index (χ3n) is 2.83. The summed E-state index contributed by atoms with van der Waals surface area (Å²) >= 11 is 0. The molecular weight excluding hydrogens is 266 g/mol. The van der Waals surface area contributed by atoms with Gasteiger partial charge in [0.1, 0.15) is 5.82 Å². The molecule has 0 aliphatic rings. The molecule has 0 amide bonds. The molecule has 20 heavy (non-hydrogen) atoms. The monoisotopic (exact) mass is 278 g/mol. The number of rotatable bonds is 4. The lowest BCUT2D eigenvalue weighted by Gasteiger charge is -2.09. The van der Waals surface area contributed by atoms with Gasteiger partial charge in [-0.2, -0.15) is 0 Å². The van der Waals surface area contributed by atoms with Crippen LogP contribution in [0.5, 0.6) is 0 Å². The Morgan fingerprint density at radius 1 is 1.15 bits per heavy atom. The number of benzene rings is 2. The fraction of sp³-hybridized carbons (Fsp3) is 0.143. The highest BCUT2D eigenvalue weighted by Crippen LogP contribution is 2.21. The van der Waals surface area contributed by atoms with Gasteiger partial charge in [-0.15, -0.1) is 0 Å². The first-order valence-corrected chi connectivity index (χ1v) is 5.90. The molecule has 0 saturated heterocycles. The van der Waals surface area contributed by atoms with Crippen LogP contribution in [-0.4, -0.2) is 4.92 Å². The second kappa shape index (κ2) is 5.64. The summed E-state index contributed by atoms with van der Waals surface area (Å²) in [5.41, 5.74) is 1.07. The molecule has 6 heteroatoms. The Morgan fingerprint density at radius 2 is 1.90 bits per heavy atom. The van der Waals surface area contributed by atoms with Crippen LogP contribution < -0.4 is 5.32 Å². The van der Waals surface area contributed by atoms with Crippen molar-refractivity contribution < 1.29 is 13.7 Å². The Bertz CT molecular complexity index is 660. The van der Waals surface area contributed by atoms with Gasteiger partial charge < -0.3 is 5.32 Å². The molecule has 0 fully saturated rings. The molecule has 0 radical (unpaired) electrons. The van der Waals surface area contributed by atoms with E-state index < -0.39 is 10.7 Å². The molecular formula is C14H12F2N2O2. The maximum Gasteiger partial charge on any atom is 0.272 e. The molecule has 2 aromatic carbocycles. The van der Waals surface area contributed by atoms with Crippen LogP contribution in [0, 0.1) is 28.7 Å². The second-order valence-electron chi connectivity index (χ2n) is 4.37. The molecule has 0 aliphatic carbocycles. The number of nitro groups is 1. The summed E-state index contributed by atoms with van der Waals surface area (Å²) in [5.74, 6) is -1.13. The van der Waals surface area contributed by atoms with Crippen molar-refractivity contribution in [1.29, 1.82) is 0 Å². The fourth-order valence-electron chi connectivity index (χ4n) is 1.79. The van der Waals surface area contributed by atoms with Crippen molar-refractivity contribution in [2.75, 3.05) is 5.32 Å². The van der Waals surface area contributed by atoms with E-state index in [1.54, 1.807) is 12.1 Å². The number of anilines is 1. The van der Waals surface area contributed by atoms with Crippen molar-refractivity contribution in [1.82, 2.24) is 0 Å². The minimum Gasteiger partial charge on any atom is -0.378 e. The molecule has 0 aromatic heterocycles. The lowest BCUT2D eigenvalue weighted by atomic mass is 10.1. The van der Waals surface area contributed by atoms with Gasteiger partial charge in [0.15, 0.2) is 5.82 Å². The minimum absolute atomic E-state index is 0.0940. The Balaban J connectivity index is 2.15. The average molecular weight is 278 g/mol. The van der Waals surface area contributed by atoms with Crippen LogP contribution in [0.1, 0.15) is 11.1 Å². The molecule has 0 saturated carbocycles. The lowest BCUT2D eigenvalue weighted by Crippen LogP contribution is -2.04. The van der Waals surface area contributed by atoms with E-state index in [9.17, 15) is 18.9 Å². The zero-order valence-corrected chi connectivity index (χ0v) is 10.7. The smallest absolute Gasteiger partial charge is 0.272 e. The number of nitrogens with one attached hydrogen (secondary N) is 1. The van der Waals surface area contributed by atoms with E-state index >= 15 is 0 Å². The third kappa shape index (κ3) is 3.09. The fourth-order valence-corrected chi connectivity index (χ4v) is 1.79. The average Bonchev–Trinajstić information content (AvgIpc) is 2.40. The lowest BCUT2D eigenvalue weighted by molar-refractivity contribution is -0.385. The molecule has 0 heterocycles. The van der Waals surface area contributed by atoms with Gasteiger partial charge in [-0.05, 0) is 19.1 Å². The van der Waals surface area contributed by atoms with E-state index in [1.807, 2.05) is 6.92 Å². The third-order valence-corrected chi connectivity index (χ3v) is 2.83. The van der Waals surface area contributed by atoms with Gasteiger partial charge in [0.05, 0.1) is 16.7 Å². The van der Waals surface area contributed by atoms with Crippen molar-refractivity contribution in [3.63, 3.8) is 0 Å². The van der Waals surface area contributed by atoms with Crippen LogP contribution in [0.2, 0.25) is 0 Å². The Hall–Kier alpha value is -2.50. The standard InChI is InChI=1S/C14H12F2N2O2/c1-9-2-4-12(15)10(6-9)8-17-14-5-3-11(18(19)20)7-13(14)16/h2-7,17H,8H2,1H3. The van der Waals surface area contributed by atoms with E-state index in [0.29, 0.717) is 5.56 Å². The van der Waals surface area contributed by atoms with Crippen molar-refractivity contribution >= 4 is 11.4 Å². The zero-order valence-electron chi connectivity index (χ0n) is 10.7. The van der Waals surface area contributed by atoms with Gasteiger partial charge in [-0.25, -0.2) is 8.78 Å². The van der Waals surface area contributed by atoms with Crippen LogP contribution >= 0.6 is 0 Å². The van der Waals surface area contributed by atoms with Gasteiger partial charge in [-0.3, -0.25) is 10.1 Å². The van der Waals surface area contributed by atoms with Crippen molar-refractivity contribution in [2.24, 2.45) is 0 Å². The summed E-state index contributed by atoms with van der Waals surface area (Å²) in [7, 11) is 0. The zero-order chi connectivity index (χ0) is 14.7. The number of aryl methyl sites for hydroxylation is 1. The summed E-state index contributed by atoms with van der Waals surface area (Å²) < 4.78 is 27.2. The largest absolute Gasteiger partial charge is 0.378 e. The highest BCUT2D eigenvalue weighted by atomic mass is 19.1. The molecule has 0 unspecified atom stereocenters. The van der Waals surface area contributed by atoms with E-state index in [2.05, 4.69) is 5.32 Å². The van der Waals surface area contributed by atoms with Crippen molar-refractivity contribution in [2.45, 2.75) is 13.5 Å². The number of hydrogen-bond acceptors (Lipinski definition) is 3. The molecule has 0 atom stereocenters.